The van der Waals surface area contributed by atoms with Crippen LogP contribution in [0.15, 0.2) is 28.8 Å². The van der Waals surface area contributed by atoms with Crippen molar-refractivity contribution in [1.82, 2.24) is 20.1 Å². The summed E-state index contributed by atoms with van der Waals surface area (Å²) in [7, 11) is 0. The Morgan fingerprint density at radius 3 is 2.81 bits per heavy atom. The van der Waals surface area contributed by atoms with Gasteiger partial charge in [0.2, 0.25) is 5.89 Å². The summed E-state index contributed by atoms with van der Waals surface area (Å²) in [5.74, 6) is 2.05. The standard InChI is InChI=1S/C15H19N5O/c1-3-15(2,9-16)14-19-13(20-21-14)8-12-17-10-6-4-5-7-11(10)18-12/h4-7H,3,8-9,16H2,1-2H3,(H,17,18). The summed E-state index contributed by atoms with van der Waals surface area (Å²) in [6.45, 7) is 4.58. The zero-order valence-electron chi connectivity index (χ0n) is 12.3. The van der Waals surface area contributed by atoms with E-state index in [0.717, 1.165) is 23.3 Å². The van der Waals surface area contributed by atoms with Crippen LogP contribution in [0.5, 0.6) is 0 Å². The van der Waals surface area contributed by atoms with Gasteiger partial charge in [0, 0.05) is 6.54 Å². The van der Waals surface area contributed by atoms with Gasteiger partial charge in [-0.05, 0) is 25.5 Å². The number of aromatic amines is 1. The van der Waals surface area contributed by atoms with Crippen LogP contribution in [0.25, 0.3) is 11.0 Å². The number of para-hydroxylation sites is 2. The van der Waals surface area contributed by atoms with Crippen molar-refractivity contribution >= 4 is 11.0 Å². The summed E-state index contributed by atoms with van der Waals surface area (Å²) < 4.78 is 5.38. The van der Waals surface area contributed by atoms with Crippen LogP contribution in [0.4, 0.5) is 0 Å². The number of hydrogen-bond donors (Lipinski definition) is 2. The monoisotopic (exact) mass is 285 g/mol. The summed E-state index contributed by atoms with van der Waals surface area (Å²) in [4.78, 5) is 12.3. The largest absolute Gasteiger partial charge is 0.342 e. The van der Waals surface area contributed by atoms with E-state index in [9.17, 15) is 0 Å². The SMILES string of the molecule is CCC(C)(CN)c1nc(Cc2nc3ccccc3[nH]2)no1. The summed E-state index contributed by atoms with van der Waals surface area (Å²) in [5.41, 5.74) is 7.50. The molecule has 110 valence electrons. The number of nitrogens with zero attached hydrogens (tertiary/aromatic N) is 3. The maximum atomic E-state index is 5.82. The lowest BCUT2D eigenvalue weighted by molar-refractivity contribution is 0.289. The fraction of sp³-hybridized carbons (Fsp3) is 0.400. The van der Waals surface area contributed by atoms with E-state index in [0.29, 0.717) is 24.7 Å². The van der Waals surface area contributed by atoms with Crippen molar-refractivity contribution in [2.45, 2.75) is 32.1 Å². The first-order valence-electron chi connectivity index (χ1n) is 7.11. The van der Waals surface area contributed by atoms with E-state index in [1.54, 1.807) is 0 Å². The van der Waals surface area contributed by atoms with E-state index in [1.165, 1.54) is 0 Å². The third kappa shape index (κ3) is 2.54. The Hall–Kier alpha value is -2.21. The second kappa shape index (κ2) is 5.29. The fourth-order valence-corrected chi connectivity index (χ4v) is 2.19. The average molecular weight is 285 g/mol. The quantitative estimate of drug-likeness (QED) is 0.749. The molecule has 3 aromatic rings. The van der Waals surface area contributed by atoms with Crippen molar-refractivity contribution in [3.05, 3.63) is 41.8 Å². The Morgan fingerprint density at radius 1 is 1.29 bits per heavy atom. The Kier molecular flexibility index (Phi) is 3.47. The summed E-state index contributed by atoms with van der Waals surface area (Å²) >= 11 is 0. The minimum atomic E-state index is -0.265. The van der Waals surface area contributed by atoms with Crippen LogP contribution in [0.1, 0.15) is 37.8 Å². The van der Waals surface area contributed by atoms with Gasteiger partial charge < -0.3 is 15.2 Å². The molecule has 3 rings (SSSR count). The number of imidazole rings is 1. The van der Waals surface area contributed by atoms with E-state index in [-0.39, 0.29) is 5.41 Å². The van der Waals surface area contributed by atoms with Gasteiger partial charge in [0.05, 0.1) is 22.9 Å². The molecule has 0 fully saturated rings. The van der Waals surface area contributed by atoms with Crippen LogP contribution in [-0.2, 0) is 11.8 Å². The van der Waals surface area contributed by atoms with E-state index in [2.05, 4.69) is 27.0 Å². The lowest BCUT2D eigenvalue weighted by Crippen LogP contribution is -2.31. The summed E-state index contributed by atoms with van der Waals surface area (Å²) in [6.07, 6.45) is 1.37. The third-order valence-electron chi connectivity index (χ3n) is 3.98. The molecule has 0 saturated heterocycles. The van der Waals surface area contributed by atoms with Crippen molar-refractivity contribution in [2.24, 2.45) is 5.73 Å². The van der Waals surface area contributed by atoms with Gasteiger partial charge in [-0.1, -0.05) is 24.2 Å². The Labute approximate surface area is 122 Å². The number of benzene rings is 1. The molecule has 0 saturated carbocycles. The zero-order chi connectivity index (χ0) is 14.9. The molecule has 3 N–H and O–H groups in total. The van der Waals surface area contributed by atoms with Crippen molar-refractivity contribution in [1.29, 1.82) is 0 Å². The molecule has 6 nitrogen and oxygen atoms in total. The molecule has 0 radical (unpaired) electrons. The highest BCUT2D eigenvalue weighted by Crippen LogP contribution is 2.24. The Morgan fingerprint density at radius 2 is 2.10 bits per heavy atom. The number of H-pyrrole nitrogens is 1. The third-order valence-corrected chi connectivity index (χ3v) is 3.98. The van der Waals surface area contributed by atoms with Crippen molar-refractivity contribution in [3.63, 3.8) is 0 Å². The van der Waals surface area contributed by atoms with Gasteiger partial charge in [0.25, 0.3) is 0 Å². The maximum Gasteiger partial charge on any atom is 0.233 e. The highest BCUT2D eigenvalue weighted by Gasteiger charge is 2.29. The molecule has 6 heteroatoms. The molecule has 0 bridgehead atoms. The van der Waals surface area contributed by atoms with Gasteiger partial charge >= 0.3 is 0 Å². The molecular formula is C15H19N5O. The van der Waals surface area contributed by atoms with E-state index in [1.807, 2.05) is 31.2 Å². The normalized spacial score (nSPS) is 14.4. The first-order valence-corrected chi connectivity index (χ1v) is 7.11. The van der Waals surface area contributed by atoms with Crippen LogP contribution < -0.4 is 5.73 Å². The molecule has 0 aliphatic rings. The molecule has 0 amide bonds. The number of nitrogens with two attached hydrogens (primary N) is 1. The van der Waals surface area contributed by atoms with Gasteiger partial charge in [-0.15, -0.1) is 0 Å². The van der Waals surface area contributed by atoms with E-state index < -0.39 is 0 Å². The highest BCUT2D eigenvalue weighted by molar-refractivity contribution is 5.74. The molecular weight excluding hydrogens is 266 g/mol. The second-order valence-electron chi connectivity index (χ2n) is 5.51. The van der Waals surface area contributed by atoms with Crippen molar-refractivity contribution in [3.8, 4) is 0 Å². The topological polar surface area (TPSA) is 93.6 Å². The molecule has 21 heavy (non-hydrogen) atoms. The molecule has 1 aromatic carbocycles. The van der Waals surface area contributed by atoms with Crippen molar-refractivity contribution in [2.75, 3.05) is 6.54 Å². The highest BCUT2D eigenvalue weighted by atomic mass is 16.5. The maximum absolute atomic E-state index is 5.82. The molecule has 1 unspecified atom stereocenters. The molecule has 0 aliphatic heterocycles. The van der Waals surface area contributed by atoms with Crippen molar-refractivity contribution < 1.29 is 4.52 Å². The Balaban J connectivity index is 1.84. The van der Waals surface area contributed by atoms with Gasteiger partial charge in [-0.25, -0.2) is 4.98 Å². The summed E-state index contributed by atoms with van der Waals surface area (Å²) in [6, 6.07) is 7.91. The first-order chi connectivity index (χ1) is 10.1. The molecule has 0 spiro atoms. The minimum Gasteiger partial charge on any atom is -0.342 e. The number of fused-ring (bicyclic) bond motifs is 1. The van der Waals surface area contributed by atoms with Gasteiger partial charge in [-0.2, -0.15) is 4.98 Å². The average Bonchev–Trinajstić information content (AvgIpc) is 3.13. The zero-order valence-corrected chi connectivity index (χ0v) is 12.3. The first kappa shape index (κ1) is 13.8. The van der Waals surface area contributed by atoms with Crippen LogP contribution in [0.3, 0.4) is 0 Å². The molecule has 2 aromatic heterocycles. The molecule has 1 atom stereocenters. The van der Waals surface area contributed by atoms with E-state index in [4.69, 9.17) is 10.3 Å². The van der Waals surface area contributed by atoms with Gasteiger partial charge in [0.1, 0.15) is 5.82 Å². The smallest absolute Gasteiger partial charge is 0.233 e. The lowest BCUT2D eigenvalue weighted by Gasteiger charge is -2.20. The Bertz CT molecular complexity index is 708. The fourth-order valence-electron chi connectivity index (χ4n) is 2.19. The van der Waals surface area contributed by atoms with E-state index >= 15 is 0 Å². The van der Waals surface area contributed by atoms with Gasteiger partial charge in [0.15, 0.2) is 5.82 Å². The number of hydrogen-bond acceptors (Lipinski definition) is 5. The summed E-state index contributed by atoms with van der Waals surface area (Å²) in [5, 5.41) is 4.04. The van der Waals surface area contributed by atoms with Crippen LogP contribution >= 0.6 is 0 Å². The van der Waals surface area contributed by atoms with Gasteiger partial charge in [-0.3, -0.25) is 0 Å². The predicted octanol–water partition coefficient (Wildman–Crippen LogP) is 2.16. The predicted molar refractivity (Wildman–Crippen MR) is 79.9 cm³/mol. The van der Waals surface area contributed by atoms with Crippen LogP contribution in [0.2, 0.25) is 0 Å². The molecule has 2 heterocycles. The minimum absolute atomic E-state index is 0.265. The lowest BCUT2D eigenvalue weighted by atomic mass is 9.88. The van der Waals surface area contributed by atoms with Crippen LogP contribution in [0, 0.1) is 0 Å². The number of rotatable bonds is 5. The second-order valence-corrected chi connectivity index (χ2v) is 5.51. The van der Waals surface area contributed by atoms with Crippen LogP contribution in [-0.4, -0.2) is 26.7 Å². The number of aromatic nitrogens is 4. The molecule has 0 aliphatic carbocycles. The number of nitrogens with one attached hydrogen (secondary N) is 1.